The summed E-state index contributed by atoms with van der Waals surface area (Å²) in [6.07, 6.45) is -4.25. The number of hydrogen-bond donors (Lipinski definition) is 4. The molecule has 1 atom stereocenters. The highest BCUT2D eigenvalue weighted by Crippen LogP contribution is 2.29. The molecule has 0 bridgehead atoms. The Balaban J connectivity index is 0.000000771. The van der Waals surface area contributed by atoms with Crippen molar-refractivity contribution >= 4 is 46.6 Å². The number of amidine groups is 1. The van der Waals surface area contributed by atoms with Crippen molar-refractivity contribution < 1.29 is 47.1 Å². The number of aliphatic carboxylic acids is 1. The minimum Gasteiger partial charge on any atom is -0.475 e. The largest absolute Gasteiger partial charge is 0.490 e. The van der Waals surface area contributed by atoms with Gasteiger partial charge in [0.05, 0.1) is 18.0 Å². The maximum atomic E-state index is 13.8. The van der Waals surface area contributed by atoms with Crippen molar-refractivity contribution in [2.24, 2.45) is 5.73 Å². The molecule has 13 nitrogen and oxygen atoms in total. The third kappa shape index (κ3) is 10.4. The number of nitrogens with one attached hydrogen (secondary N) is 2. The Bertz CT molecular complexity index is 1660. The van der Waals surface area contributed by atoms with E-state index in [1.807, 2.05) is 6.07 Å². The van der Waals surface area contributed by atoms with Crippen molar-refractivity contribution in [1.82, 2.24) is 10.2 Å². The molecule has 0 spiro atoms. The number of carbonyl (C=O) groups is 4. The number of rotatable bonds is 10. The van der Waals surface area contributed by atoms with E-state index < -0.39 is 29.0 Å². The second-order valence-electron chi connectivity index (χ2n) is 10.1. The number of carboxylic acid groups (broad SMARTS) is 1. The first-order chi connectivity index (χ1) is 22.1. The van der Waals surface area contributed by atoms with Crippen molar-refractivity contribution in [3.05, 3.63) is 96.7 Å². The number of thiophene rings is 1. The molecule has 1 aliphatic rings. The van der Waals surface area contributed by atoms with Crippen LogP contribution in [-0.4, -0.2) is 69.9 Å². The number of nitro benzene ring substituents is 1. The average Bonchev–Trinajstić information content (AvgIpc) is 3.41. The average molecular weight is 678 g/mol. The first kappa shape index (κ1) is 36.2. The molecular weight excluding hydrogens is 647 g/mol. The number of nitrogens with two attached hydrogens (primary N) is 1. The van der Waals surface area contributed by atoms with Gasteiger partial charge >= 0.3 is 18.1 Å². The van der Waals surface area contributed by atoms with Gasteiger partial charge in [-0.3, -0.25) is 29.9 Å². The van der Waals surface area contributed by atoms with Crippen molar-refractivity contribution in [1.29, 1.82) is 5.41 Å². The molecule has 17 heteroatoms. The Morgan fingerprint density at radius 1 is 1.15 bits per heavy atom. The van der Waals surface area contributed by atoms with E-state index in [4.69, 9.17) is 25.8 Å². The molecule has 2 amide bonds. The molecule has 0 saturated carbocycles. The topological polar surface area (TPSA) is 206 Å². The molecule has 0 fully saturated rings. The van der Waals surface area contributed by atoms with Gasteiger partial charge in [-0.1, -0.05) is 24.3 Å². The Kier molecular flexibility index (Phi) is 12.1. The number of amides is 2. The van der Waals surface area contributed by atoms with Crippen LogP contribution in [0, 0.1) is 15.5 Å². The molecule has 1 aliphatic heterocycles. The summed E-state index contributed by atoms with van der Waals surface area (Å²) < 4.78 is 36.8. The SMILES string of the molecule is CCOC(=O)Cc1cc2c(s1)CCN(C(=O)[C@H](Cc1cccc([N+](=O)[O-])c1)NC(=O)c1ccc(C(=N)N)cc1)C2.O=C(O)C(F)(F)F. The number of carboxylic acids is 1. The molecule has 250 valence electrons. The fourth-order valence-corrected chi connectivity index (χ4v) is 5.68. The quantitative estimate of drug-likeness (QED) is 0.0812. The van der Waals surface area contributed by atoms with Crippen LogP contribution in [0.1, 0.15) is 43.7 Å². The molecule has 0 unspecified atom stereocenters. The highest BCUT2D eigenvalue weighted by Gasteiger charge is 2.38. The van der Waals surface area contributed by atoms with E-state index in [0.29, 0.717) is 37.2 Å². The zero-order valence-electron chi connectivity index (χ0n) is 24.8. The first-order valence-corrected chi connectivity index (χ1v) is 14.7. The van der Waals surface area contributed by atoms with E-state index in [-0.39, 0.29) is 41.8 Å². The smallest absolute Gasteiger partial charge is 0.475 e. The molecule has 47 heavy (non-hydrogen) atoms. The summed E-state index contributed by atoms with van der Waals surface area (Å²) in [4.78, 5) is 62.1. The van der Waals surface area contributed by atoms with Gasteiger partial charge in [0.2, 0.25) is 5.91 Å². The van der Waals surface area contributed by atoms with Crippen LogP contribution in [0.25, 0.3) is 0 Å². The molecule has 1 aromatic heterocycles. The molecule has 0 aliphatic carbocycles. The summed E-state index contributed by atoms with van der Waals surface area (Å²) in [6.45, 7) is 2.82. The zero-order valence-corrected chi connectivity index (χ0v) is 25.7. The van der Waals surface area contributed by atoms with Gasteiger partial charge in [0.25, 0.3) is 11.6 Å². The molecular formula is C30H30F3N5O8S. The number of non-ortho nitro benzene ring substituents is 1. The van der Waals surface area contributed by atoms with Crippen molar-refractivity contribution in [3.8, 4) is 0 Å². The Morgan fingerprint density at radius 2 is 1.79 bits per heavy atom. The maximum absolute atomic E-state index is 13.8. The fraction of sp³-hybridized carbons (Fsp3) is 0.300. The van der Waals surface area contributed by atoms with Crippen LogP contribution in [0.5, 0.6) is 0 Å². The third-order valence-electron chi connectivity index (χ3n) is 6.72. The summed E-state index contributed by atoms with van der Waals surface area (Å²) in [7, 11) is 0. The van der Waals surface area contributed by atoms with Gasteiger partial charge in [0.1, 0.15) is 11.9 Å². The van der Waals surface area contributed by atoms with Gasteiger partial charge in [-0.05, 0) is 42.7 Å². The zero-order chi connectivity index (χ0) is 34.9. The lowest BCUT2D eigenvalue weighted by atomic mass is 10.0. The van der Waals surface area contributed by atoms with Crippen LogP contribution < -0.4 is 11.1 Å². The van der Waals surface area contributed by atoms with Gasteiger partial charge in [-0.15, -0.1) is 11.3 Å². The van der Waals surface area contributed by atoms with Crippen molar-refractivity contribution in [3.63, 3.8) is 0 Å². The van der Waals surface area contributed by atoms with E-state index in [9.17, 15) is 37.7 Å². The van der Waals surface area contributed by atoms with E-state index in [1.165, 1.54) is 35.6 Å². The number of esters is 1. The summed E-state index contributed by atoms with van der Waals surface area (Å²) >= 11 is 1.53. The van der Waals surface area contributed by atoms with Gasteiger partial charge in [-0.25, -0.2) is 4.79 Å². The third-order valence-corrected chi connectivity index (χ3v) is 7.96. The molecule has 5 N–H and O–H groups in total. The molecule has 0 saturated heterocycles. The number of ether oxygens (including phenoxy) is 1. The number of halogens is 3. The van der Waals surface area contributed by atoms with Gasteiger partial charge < -0.3 is 25.8 Å². The molecule has 2 heterocycles. The molecule has 0 radical (unpaired) electrons. The van der Waals surface area contributed by atoms with E-state index in [0.717, 1.165) is 15.3 Å². The predicted octanol–water partition coefficient (Wildman–Crippen LogP) is 3.61. The lowest BCUT2D eigenvalue weighted by molar-refractivity contribution is -0.384. The van der Waals surface area contributed by atoms with Gasteiger partial charge in [0, 0.05) is 52.5 Å². The van der Waals surface area contributed by atoms with Crippen LogP contribution in [0.15, 0.2) is 54.6 Å². The standard InChI is InChI=1S/C28H29N5O6S.C2HF3O2/c1-2-39-25(34)15-22-14-20-16-32(11-10-24(20)40-22)28(36)23(13-17-4-3-5-21(12-17)33(37)38)31-27(35)19-8-6-18(7-9-19)26(29)30;3-2(4,5)1(6)7/h3-9,12,14,23H,2,10-11,13,15-16H2,1H3,(H3,29,30)(H,31,35);(H,6,7)/t23-;/m0./s1. The fourth-order valence-electron chi connectivity index (χ4n) is 4.52. The maximum Gasteiger partial charge on any atom is 0.490 e. The minimum atomic E-state index is -5.08. The summed E-state index contributed by atoms with van der Waals surface area (Å²) in [5, 5.41) is 28.7. The predicted molar refractivity (Wildman–Crippen MR) is 163 cm³/mol. The first-order valence-electron chi connectivity index (χ1n) is 13.9. The number of nitro groups is 1. The number of alkyl halides is 3. The van der Waals surface area contributed by atoms with Crippen LogP contribution in [-0.2, 0) is 44.9 Å². The summed E-state index contributed by atoms with van der Waals surface area (Å²) in [5.74, 6) is -4.00. The number of nitrogen functional groups attached to an aromatic ring is 1. The Labute approximate surface area is 269 Å². The molecule has 4 rings (SSSR count). The number of nitrogens with zero attached hydrogens (tertiary/aromatic N) is 2. The van der Waals surface area contributed by atoms with Crippen LogP contribution in [0.3, 0.4) is 0 Å². The highest BCUT2D eigenvalue weighted by atomic mass is 32.1. The van der Waals surface area contributed by atoms with Gasteiger partial charge in [0.15, 0.2) is 0 Å². The van der Waals surface area contributed by atoms with E-state index >= 15 is 0 Å². The van der Waals surface area contributed by atoms with E-state index in [2.05, 4.69) is 5.32 Å². The highest BCUT2D eigenvalue weighted by molar-refractivity contribution is 7.12. The van der Waals surface area contributed by atoms with Crippen molar-refractivity contribution in [2.45, 2.75) is 44.9 Å². The van der Waals surface area contributed by atoms with Crippen LogP contribution >= 0.6 is 11.3 Å². The Hall–Kier alpha value is -5.32. The summed E-state index contributed by atoms with van der Waals surface area (Å²) in [5.41, 5.74) is 7.61. The number of carbonyl (C=O) groups excluding carboxylic acids is 3. The minimum absolute atomic E-state index is 0.0544. The number of hydrogen-bond acceptors (Lipinski definition) is 9. The van der Waals surface area contributed by atoms with Gasteiger partial charge in [-0.2, -0.15) is 13.2 Å². The molecule has 2 aromatic carbocycles. The second-order valence-corrected chi connectivity index (χ2v) is 11.3. The monoisotopic (exact) mass is 677 g/mol. The molecule has 3 aromatic rings. The van der Waals surface area contributed by atoms with Crippen LogP contribution in [0.2, 0.25) is 0 Å². The lowest BCUT2D eigenvalue weighted by Gasteiger charge is -2.31. The second kappa shape index (κ2) is 15.8. The normalized spacial score (nSPS) is 12.9. The van der Waals surface area contributed by atoms with Crippen molar-refractivity contribution in [2.75, 3.05) is 13.2 Å². The summed E-state index contributed by atoms with van der Waals surface area (Å²) in [6, 6.07) is 13.0. The Morgan fingerprint density at radius 3 is 2.36 bits per heavy atom. The number of benzene rings is 2. The lowest BCUT2D eigenvalue weighted by Crippen LogP contribution is -2.50. The van der Waals surface area contributed by atoms with E-state index in [1.54, 1.807) is 36.1 Å². The van der Waals surface area contributed by atoms with Crippen LogP contribution in [0.4, 0.5) is 18.9 Å². The number of fused-ring (bicyclic) bond motifs is 1.